The van der Waals surface area contributed by atoms with Gasteiger partial charge in [-0.3, -0.25) is 9.67 Å². The van der Waals surface area contributed by atoms with E-state index in [1.54, 1.807) is 6.20 Å². The minimum absolute atomic E-state index is 0. The van der Waals surface area contributed by atoms with Gasteiger partial charge in [-0.15, -0.1) is 24.0 Å². The molecule has 0 saturated carbocycles. The number of aliphatic imine (C=N–C) groups is 1. The van der Waals surface area contributed by atoms with E-state index in [9.17, 15) is 0 Å². The van der Waals surface area contributed by atoms with Gasteiger partial charge in [0.25, 0.3) is 0 Å². The first-order chi connectivity index (χ1) is 10.4. The fourth-order valence-electron chi connectivity index (χ4n) is 2.72. The highest BCUT2D eigenvalue weighted by molar-refractivity contribution is 14.0. The largest absolute Gasteiger partial charge is 0.354 e. The zero-order valence-corrected chi connectivity index (χ0v) is 15.1. The molecule has 1 N–H and O–H groups in total. The molecule has 0 fully saturated rings. The number of hydrogen-bond acceptors (Lipinski definition) is 2. The number of fused-ring (bicyclic) bond motifs is 1. The summed E-state index contributed by atoms with van der Waals surface area (Å²) in [4.78, 5) is 6.72. The maximum absolute atomic E-state index is 4.41. The van der Waals surface area contributed by atoms with Crippen molar-refractivity contribution in [3.8, 4) is 0 Å². The van der Waals surface area contributed by atoms with E-state index in [0.29, 0.717) is 0 Å². The van der Waals surface area contributed by atoms with Crippen molar-refractivity contribution in [2.45, 2.75) is 19.5 Å². The minimum atomic E-state index is 0. The average molecular weight is 411 g/mol. The predicted molar refractivity (Wildman–Crippen MR) is 99.6 cm³/mol. The summed E-state index contributed by atoms with van der Waals surface area (Å²) in [5.74, 6) is 0.969. The molecule has 118 valence electrons. The molecular formula is C16H22IN5. The van der Waals surface area contributed by atoms with Crippen LogP contribution >= 0.6 is 24.0 Å². The van der Waals surface area contributed by atoms with Crippen LogP contribution in [0, 0.1) is 0 Å². The van der Waals surface area contributed by atoms with E-state index in [-0.39, 0.29) is 24.0 Å². The third-order valence-electron chi connectivity index (χ3n) is 3.83. The van der Waals surface area contributed by atoms with Crippen LogP contribution in [0.2, 0.25) is 0 Å². The number of guanidine groups is 1. The zero-order chi connectivity index (χ0) is 14.5. The first kappa shape index (κ1) is 16.8. The molecule has 1 aromatic heterocycles. The molecule has 2 heterocycles. The van der Waals surface area contributed by atoms with Crippen LogP contribution in [0.5, 0.6) is 0 Å². The van der Waals surface area contributed by atoms with Crippen LogP contribution in [-0.2, 0) is 19.5 Å². The summed E-state index contributed by atoms with van der Waals surface area (Å²) < 4.78 is 1.92. The second-order valence-corrected chi connectivity index (χ2v) is 5.18. The maximum Gasteiger partial charge on any atom is 0.194 e. The van der Waals surface area contributed by atoms with Crippen molar-refractivity contribution in [3.63, 3.8) is 0 Å². The van der Waals surface area contributed by atoms with Crippen molar-refractivity contribution in [2.75, 3.05) is 20.1 Å². The van der Waals surface area contributed by atoms with Crippen LogP contribution in [0.4, 0.5) is 0 Å². The Morgan fingerprint density at radius 1 is 1.27 bits per heavy atom. The Kier molecular flexibility index (Phi) is 6.23. The Hall–Kier alpha value is -1.57. The van der Waals surface area contributed by atoms with E-state index in [1.165, 1.54) is 11.1 Å². The van der Waals surface area contributed by atoms with Gasteiger partial charge in [0, 0.05) is 39.1 Å². The molecule has 1 aliphatic rings. The highest BCUT2D eigenvalue weighted by Gasteiger charge is 2.18. The predicted octanol–water partition coefficient (Wildman–Crippen LogP) is 2.13. The van der Waals surface area contributed by atoms with Crippen molar-refractivity contribution < 1.29 is 0 Å². The van der Waals surface area contributed by atoms with E-state index in [1.807, 2.05) is 24.0 Å². The Bertz CT molecular complexity index is 609. The molecule has 0 spiro atoms. The first-order valence-electron chi connectivity index (χ1n) is 7.36. The van der Waals surface area contributed by atoms with E-state index in [4.69, 9.17) is 0 Å². The van der Waals surface area contributed by atoms with Crippen molar-refractivity contribution in [2.24, 2.45) is 4.99 Å². The Morgan fingerprint density at radius 3 is 2.82 bits per heavy atom. The van der Waals surface area contributed by atoms with Crippen LogP contribution in [0.3, 0.4) is 0 Å². The average Bonchev–Trinajstić information content (AvgIpc) is 3.04. The molecule has 0 radical (unpaired) electrons. The quantitative estimate of drug-likeness (QED) is 0.478. The first-order valence-corrected chi connectivity index (χ1v) is 7.36. The Morgan fingerprint density at radius 2 is 2.09 bits per heavy atom. The summed E-state index contributed by atoms with van der Waals surface area (Å²) in [5, 5.41) is 7.63. The fourth-order valence-corrected chi connectivity index (χ4v) is 2.72. The van der Waals surface area contributed by atoms with Crippen molar-refractivity contribution in [3.05, 3.63) is 53.9 Å². The molecule has 6 heteroatoms. The van der Waals surface area contributed by atoms with Gasteiger partial charge in [0.15, 0.2) is 5.96 Å². The molecule has 0 bridgehead atoms. The highest BCUT2D eigenvalue weighted by Crippen LogP contribution is 2.18. The Balaban J connectivity index is 0.00000176. The molecule has 2 aromatic rings. The second kappa shape index (κ2) is 8.17. The number of aromatic nitrogens is 2. The lowest BCUT2D eigenvalue weighted by Crippen LogP contribution is -2.44. The monoisotopic (exact) mass is 411 g/mol. The lowest BCUT2D eigenvalue weighted by molar-refractivity contribution is 0.377. The lowest BCUT2D eigenvalue weighted by atomic mass is 10.0. The number of benzene rings is 1. The van der Waals surface area contributed by atoms with Crippen molar-refractivity contribution >= 4 is 29.9 Å². The third-order valence-corrected chi connectivity index (χ3v) is 3.83. The smallest absolute Gasteiger partial charge is 0.194 e. The van der Waals surface area contributed by atoms with Crippen molar-refractivity contribution in [1.29, 1.82) is 0 Å². The van der Waals surface area contributed by atoms with E-state index in [0.717, 1.165) is 38.6 Å². The maximum atomic E-state index is 4.41. The van der Waals surface area contributed by atoms with Crippen LogP contribution < -0.4 is 5.32 Å². The number of rotatable bonds is 3. The van der Waals surface area contributed by atoms with Gasteiger partial charge >= 0.3 is 0 Å². The third kappa shape index (κ3) is 4.00. The summed E-state index contributed by atoms with van der Waals surface area (Å²) in [5.41, 5.74) is 2.86. The van der Waals surface area contributed by atoms with Gasteiger partial charge in [-0.25, -0.2) is 0 Å². The van der Waals surface area contributed by atoms with Crippen LogP contribution in [0.15, 0.2) is 47.7 Å². The molecular weight excluding hydrogens is 389 g/mol. The van der Waals surface area contributed by atoms with Crippen LogP contribution in [0.1, 0.15) is 11.1 Å². The van der Waals surface area contributed by atoms with Gasteiger partial charge in [-0.1, -0.05) is 24.3 Å². The molecule has 0 unspecified atom stereocenters. The molecule has 5 nitrogen and oxygen atoms in total. The SMILES string of the molecule is CN=C(NCCn1cccn1)N1CCc2ccccc2C1.I. The van der Waals surface area contributed by atoms with Gasteiger partial charge in [0.05, 0.1) is 6.54 Å². The van der Waals surface area contributed by atoms with E-state index >= 15 is 0 Å². The number of halogens is 1. The van der Waals surface area contributed by atoms with Gasteiger partial charge in [0.1, 0.15) is 0 Å². The molecule has 3 rings (SSSR count). The van der Waals surface area contributed by atoms with Crippen LogP contribution in [-0.4, -0.2) is 40.8 Å². The number of hydrogen-bond donors (Lipinski definition) is 1. The Labute approximate surface area is 148 Å². The van der Waals surface area contributed by atoms with Gasteiger partial charge in [0.2, 0.25) is 0 Å². The molecule has 0 atom stereocenters. The normalized spacial score (nSPS) is 14.2. The molecule has 22 heavy (non-hydrogen) atoms. The summed E-state index contributed by atoms with van der Waals surface area (Å²) in [6.07, 6.45) is 4.86. The summed E-state index contributed by atoms with van der Waals surface area (Å²) in [6, 6.07) is 10.6. The van der Waals surface area contributed by atoms with Crippen molar-refractivity contribution in [1.82, 2.24) is 20.0 Å². The summed E-state index contributed by atoms with van der Waals surface area (Å²) >= 11 is 0. The lowest BCUT2D eigenvalue weighted by Gasteiger charge is -2.31. The highest BCUT2D eigenvalue weighted by atomic mass is 127. The van der Waals surface area contributed by atoms with E-state index < -0.39 is 0 Å². The molecule has 0 saturated heterocycles. The fraction of sp³-hybridized carbons (Fsp3) is 0.375. The standard InChI is InChI=1S/C16H21N5.HI/c1-17-16(18-9-12-21-10-4-8-19-21)20-11-7-14-5-2-3-6-15(14)13-20;/h2-6,8,10H,7,9,11-13H2,1H3,(H,17,18);1H. The van der Waals surface area contributed by atoms with Gasteiger partial charge in [-0.2, -0.15) is 5.10 Å². The summed E-state index contributed by atoms with van der Waals surface area (Å²) in [6.45, 7) is 3.61. The molecule has 1 aromatic carbocycles. The van der Waals surface area contributed by atoms with Gasteiger partial charge in [-0.05, 0) is 23.6 Å². The molecule has 0 amide bonds. The van der Waals surface area contributed by atoms with E-state index in [2.05, 4.69) is 44.6 Å². The topological polar surface area (TPSA) is 45.5 Å². The van der Waals surface area contributed by atoms with Crippen LogP contribution in [0.25, 0.3) is 0 Å². The number of nitrogens with one attached hydrogen (secondary N) is 1. The summed E-state index contributed by atoms with van der Waals surface area (Å²) in [7, 11) is 1.84. The molecule has 0 aliphatic carbocycles. The second-order valence-electron chi connectivity index (χ2n) is 5.18. The number of nitrogens with zero attached hydrogens (tertiary/aromatic N) is 4. The zero-order valence-electron chi connectivity index (χ0n) is 12.8. The minimum Gasteiger partial charge on any atom is -0.354 e. The molecule has 1 aliphatic heterocycles. The van der Waals surface area contributed by atoms with Gasteiger partial charge < -0.3 is 10.2 Å².